The minimum atomic E-state index is -0.288. The van der Waals surface area contributed by atoms with Crippen molar-refractivity contribution in [1.82, 2.24) is 0 Å². The average molecular weight is 208 g/mol. The molecule has 0 aromatic heterocycles. The van der Waals surface area contributed by atoms with Crippen molar-refractivity contribution in [3.05, 3.63) is 23.5 Å². The van der Waals surface area contributed by atoms with Gasteiger partial charge in [0.15, 0.2) is 5.78 Å². The number of epoxide rings is 1. The number of hydrogen-bond acceptors (Lipinski definition) is 4. The summed E-state index contributed by atoms with van der Waals surface area (Å²) < 4.78 is 16.0. The fraction of sp³-hybridized carbons (Fsp3) is 0.545. The molecule has 0 spiro atoms. The summed E-state index contributed by atoms with van der Waals surface area (Å²) in [5, 5.41) is 0. The van der Waals surface area contributed by atoms with Crippen LogP contribution in [0.1, 0.15) is 6.92 Å². The van der Waals surface area contributed by atoms with Gasteiger partial charge < -0.3 is 14.2 Å². The van der Waals surface area contributed by atoms with Crippen molar-refractivity contribution in [3.8, 4) is 0 Å². The Kier molecular flexibility index (Phi) is 1.78. The van der Waals surface area contributed by atoms with Gasteiger partial charge in [0.25, 0.3) is 0 Å². The summed E-state index contributed by atoms with van der Waals surface area (Å²) in [7, 11) is 1.62. The Balaban J connectivity index is 2.02. The van der Waals surface area contributed by atoms with E-state index >= 15 is 0 Å². The number of carbonyl (C=O) groups excluding carboxylic acids is 1. The molecule has 0 aromatic carbocycles. The highest BCUT2D eigenvalue weighted by Gasteiger charge is 2.57. The van der Waals surface area contributed by atoms with Crippen molar-refractivity contribution in [3.63, 3.8) is 0 Å². The maximum atomic E-state index is 11.9. The summed E-state index contributed by atoms with van der Waals surface area (Å²) in [6.45, 7) is 1.90. The van der Waals surface area contributed by atoms with E-state index in [0.29, 0.717) is 5.57 Å². The zero-order valence-corrected chi connectivity index (χ0v) is 8.60. The van der Waals surface area contributed by atoms with Crippen molar-refractivity contribution in [1.29, 1.82) is 0 Å². The number of carbonyl (C=O) groups is 1. The summed E-state index contributed by atoms with van der Waals surface area (Å²) >= 11 is 0. The predicted octanol–water partition coefficient (Wildman–Crippen LogP) is 0.581. The van der Waals surface area contributed by atoms with Gasteiger partial charge in [-0.15, -0.1) is 0 Å². The molecule has 4 nitrogen and oxygen atoms in total. The number of ether oxygens (including phenoxy) is 3. The topological polar surface area (TPSA) is 48.1 Å². The molecule has 1 saturated heterocycles. The van der Waals surface area contributed by atoms with Crippen LogP contribution in [-0.4, -0.2) is 37.3 Å². The van der Waals surface area contributed by atoms with E-state index in [1.54, 1.807) is 13.4 Å². The number of Topliss-reactive ketones (excluding diaryl/α,β-unsaturated/α-hetero) is 1. The Morgan fingerprint density at radius 3 is 3.00 bits per heavy atom. The van der Waals surface area contributed by atoms with Crippen molar-refractivity contribution in [2.24, 2.45) is 0 Å². The molecule has 2 fully saturated rings. The lowest BCUT2D eigenvalue weighted by atomic mass is 9.85. The number of fused-ring (bicyclic) bond motifs is 2. The van der Waals surface area contributed by atoms with Crippen molar-refractivity contribution < 1.29 is 19.0 Å². The number of methoxy groups -OCH3 is 1. The Morgan fingerprint density at radius 1 is 1.47 bits per heavy atom. The Morgan fingerprint density at radius 2 is 2.27 bits per heavy atom. The third-order valence-electron chi connectivity index (χ3n) is 3.03. The zero-order valence-electron chi connectivity index (χ0n) is 8.60. The third kappa shape index (κ3) is 1.18. The lowest BCUT2D eigenvalue weighted by Crippen LogP contribution is -2.36. The highest BCUT2D eigenvalue weighted by atomic mass is 16.6. The second kappa shape index (κ2) is 2.93. The van der Waals surface area contributed by atoms with Crippen LogP contribution in [0.3, 0.4) is 0 Å². The third-order valence-corrected chi connectivity index (χ3v) is 3.03. The van der Waals surface area contributed by atoms with E-state index in [-0.39, 0.29) is 30.2 Å². The monoisotopic (exact) mass is 208 g/mol. The van der Waals surface area contributed by atoms with Gasteiger partial charge >= 0.3 is 0 Å². The molecule has 0 aromatic rings. The van der Waals surface area contributed by atoms with Gasteiger partial charge in [0.1, 0.15) is 24.4 Å². The summed E-state index contributed by atoms with van der Waals surface area (Å²) in [6.07, 6.45) is 2.85. The Hall–Kier alpha value is -1.13. The lowest BCUT2D eigenvalue weighted by Gasteiger charge is -2.26. The van der Waals surface area contributed by atoms with Crippen LogP contribution in [0.5, 0.6) is 0 Å². The quantitative estimate of drug-likeness (QED) is 0.591. The standard InChI is InChI=1S/C11H12O4/c1-5-3-6-7(4-14-5)9(13-2)11-10(15-11)8(6)12/h3-5,9-11H,1-2H3/t5?,9-,10-,11+/m0/s1. The molecule has 4 atom stereocenters. The SMILES string of the molecule is CO[C@H]1C2=COC(C)C=C2C(=O)[C@@H]2O[C@@H]21. The molecule has 1 unspecified atom stereocenters. The first-order valence-electron chi connectivity index (χ1n) is 5.02. The fourth-order valence-electron chi connectivity index (χ4n) is 2.22. The Bertz CT molecular complexity index is 382. The molecular weight excluding hydrogens is 196 g/mol. The van der Waals surface area contributed by atoms with E-state index in [4.69, 9.17) is 14.2 Å². The number of hydrogen-bond donors (Lipinski definition) is 0. The molecular formula is C11H12O4. The first kappa shape index (κ1) is 9.12. The van der Waals surface area contributed by atoms with Crippen LogP contribution in [0.2, 0.25) is 0 Å². The molecule has 2 heterocycles. The lowest BCUT2D eigenvalue weighted by molar-refractivity contribution is -0.117. The van der Waals surface area contributed by atoms with Crippen LogP contribution in [0, 0.1) is 0 Å². The van der Waals surface area contributed by atoms with Crippen LogP contribution < -0.4 is 0 Å². The molecule has 3 aliphatic rings. The second-order valence-electron chi connectivity index (χ2n) is 4.04. The predicted molar refractivity (Wildman–Crippen MR) is 51.2 cm³/mol. The number of rotatable bonds is 1. The fourth-order valence-corrected chi connectivity index (χ4v) is 2.22. The van der Waals surface area contributed by atoms with Crippen molar-refractivity contribution in [2.45, 2.75) is 31.3 Å². The van der Waals surface area contributed by atoms with Gasteiger partial charge in [-0.25, -0.2) is 0 Å². The van der Waals surface area contributed by atoms with E-state index in [1.165, 1.54) is 0 Å². The molecule has 2 aliphatic heterocycles. The van der Waals surface area contributed by atoms with Crippen LogP contribution in [0.25, 0.3) is 0 Å². The van der Waals surface area contributed by atoms with E-state index in [1.807, 2.05) is 13.0 Å². The van der Waals surface area contributed by atoms with Gasteiger partial charge in [0, 0.05) is 18.3 Å². The molecule has 1 aliphatic carbocycles. The first-order chi connectivity index (χ1) is 7.22. The minimum absolute atomic E-state index is 0.0551. The maximum Gasteiger partial charge on any atom is 0.194 e. The number of ketones is 1. The van der Waals surface area contributed by atoms with Crippen LogP contribution in [0.4, 0.5) is 0 Å². The largest absolute Gasteiger partial charge is 0.494 e. The van der Waals surface area contributed by atoms with Crippen LogP contribution in [0.15, 0.2) is 23.5 Å². The van der Waals surface area contributed by atoms with E-state index < -0.39 is 0 Å². The van der Waals surface area contributed by atoms with Gasteiger partial charge in [0.2, 0.25) is 0 Å². The molecule has 0 amide bonds. The molecule has 0 radical (unpaired) electrons. The minimum Gasteiger partial charge on any atom is -0.494 e. The van der Waals surface area contributed by atoms with Gasteiger partial charge in [-0.05, 0) is 13.0 Å². The van der Waals surface area contributed by atoms with E-state index in [9.17, 15) is 4.79 Å². The normalized spacial score (nSPS) is 42.1. The van der Waals surface area contributed by atoms with Crippen LogP contribution >= 0.6 is 0 Å². The summed E-state index contributed by atoms with van der Waals surface area (Å²) in [6, 6.07) is 0. The summed E-state index contributed by atoms with van der Waals surface area (Å²) in [5.41, 5.74) is 1.53. The van der Waals surface area contributed by atoms with E-state index in [0.717, 1.165) is 5.57 Å². The molecule has 3 rings (SSSR count). The summed E-state index contributed by atoms with van der Waals surface area (Å²) in [4.78, 5) is 11.9. The second-order valence-corrected chi connectivity index (χ2v) is 4.04. The highest BCUT2D eigenvalue weighted by Crippen LogP contribution is 2.42. The zero-order chi connectivity index (χ0) is 10.6. The highest BCUT2D eigenvalue weighted by molar-refractivity contribution is 6.06. The molecule has 1 saturated carbocycles. The van der Waals surface area contributed by atoms with Gasteiger partial charge in [-0.2, -0.15) is 0 Å². The molecule has 0 bridgehead atoms. The maximum absolute atomic E-state index is 11.9. The van der Waals surface area contributed by atoms with Gasteiger partial charge in [-0.3, -0.25) is 4.79 Å². The van der Waals surface area contributed by atoms with Crippen molar-refractivity contribution >= 4 is 5.78 Å². The Labute approximate surface area is 87.5 Å². The molecule has 0 N–H and O–H groups in total. The first-order valence-corrected chi connectivity index (χ1v) is 5.02. The van der Waals surface area contributed by atoms with E-state index in [2.05, 4.69) is 0 Å². The average Bonchev–Trinajstić information content (AvgIpc) is 3.00. The smallest absolute Gasteiger partial charge is 0.194 e. The molecule has 15 heavy (non-hydrogen) atoms. The molecule has 80 valence electrons. The molecule has 4 heteroatoms. The van der Waals surface area contributed by atoms with Gasteiger partial charge in [0.05, 0.1) is 6.26 Å². The summed E-state index contributed by atoms with van der Waals surface area (Å²) in [5.74, 6) is 0.0645. The van der Waals surface area contributed by atoms with Gasteiger partial charge in [-0.1, -0.05) is 0 Å². The van der Waals surface area contributed by atoms with Crippen molar-refractivity contribution in [2.75, 3.05) is 7.11 Å². The van der Waals surface area contributed by atoms with Crippen LogP contribution in [-0.2, 0) is 19.0 Å².